The molecule has 0 saturated heterocycles. The Labute approximate surface area is 214 Å². The summed E-state index contributed by atoms with van der Waals surface area (Å²) in [6, 6.07) is 17.0. The second kappa shape index (κ2) is 13.2. The van der Waals surface area contributed by atoms with E-state index in [1.807, 2.05) is 37.3 Å². The van der Waals surface area contributed by atoms with Crippen molar-refractivity contribution in [3.63, 3.8) is 0 Å². The third kappa shape index (κ3) is 9.81. The Kier molecular flexibility index (Phi) is 11.2. The van der Waals surface area contributed by atoms with Gasteiger partial charge in [0.1, 0.15) is 0 Å². The van der Waals surface area contributed by atoms with Crippen LogP contribution in [0.15, 0.2) is 59.5 Å². The maximum Gasteiger partial charge on any atom is 0.240 e. The number of sulfonamides is 1. The highest BCUT2D eigenvalue weighted by Gasteiger charge is 2.39. The number of benzene rings is 2. The van der Waals surface area contributed by atoms with E-state index in [1.165, 1.54) is 0 Å². The summed E-state index contributed by atoms with van der Waals surface area (Å²) in [5.74, 6) is 0. The second-order valence-electron chi connectivity index (χ2n) is 11.0. The Morgan fingerprint density at radius 1 is 0.943 bits per heavy atom. The molecule has 0 aliphatic carbocycles. The Bertz CT molecular complexity index is 986. The fraction of sp³-hybridized carbons (Fsp3) is 0.571. The molecule has 0 aliphatic heterocycles. The lowest BCUT2D eigenvalue weighted by Crippen LogP contribution is -2.45. The zero-order chi connectivity index (χ0) is 26.1. The molecule has 196 valence electrons. The Morgan fingerprint density at radius 3 is 2.14 bits per heavy atom. The molecule has 5 nitrogen and oxygen atoms in total. The molecule has 2 atom stereocenters. The van der Waals surface area contributed by atoms with Crippen LogP contribution in [0.4, 0.5) is 0 Å². The monoisotopic (exact) mass is 519 g/mol. The minimum absolute atomic E-state index is 0.0807. The zero-order valence-corrected chi connectivity index (χ0v) is 24.5. The highest BCUT2D eigenvalue weighted by Crippen LogP contribution is 2.38. The first-order chi connectivity index (χ1) is 16.3. The van der Waals surface area contributed by atoms with E-state index in [0.717, 1.165) is 30.4 Å². The van der Waals surface area contributed by atoms with E-state index in [1.54, 1.807) is 12.1 Å². The molecule has 0 fully saturated rings. The number of hydrogen-bond donors (Lipinski definition) is 1. The van der Waals surface area contributed by atoms with Crippen molar-refractivity contribution < 1.29 is 17.6 Å². The van der Waals surface area contributed by atoms with Crippen molar-refractivity contribution in [2.24, 2.45) is 0 Å². The molecule has 2 rings (SSSR count). The summed E-state index contributed by atoms with van der Waals surface area (Å²) in [4.78, 5) is 0.310. The van der Waals surface area contributed by atoms with Gasteiger partial charge in [0.05, 0.1) is 24.2 Å². The molecule has 0 aliphatic rings. The van der Waals surface area contributed by atoms with Gasteiger partial charge < -0.3 is 9.16 Å². The number of ether oxygens (including phenoxy) is 1. The minimum Gasteiger partial charge on any atom is -0.412 e. The zero-order valence-electron chi connectivity index (χ0n) is 22.6. The molecule has 0 unspecified atom stereocenters. The van der Waals surface area contributed by atoms with Crippen molar-refractivity contribution in [1.82, 2.24) is 4.72 Å². The third-order valence-electron chi connectivity index (χ3n) is 6.81. The van der Waals surface area contributed by atoms with Crippen LogP contribution in [0.2, 0.25) is 18.1 Å². The SMILES string of the molecule is CCC[C@H](CC[C@H](COCc1ccccc1)O[Si](C)(C)C(C)(C)C)NS(=O)(=O)c1ccc(C)cc1. The lowest BCUT2D eigenvalue weighted by atomic mass is 10.1. The maximum atomic E-state index is 13.0. The normalized spacial score (nSPS) is 14.6. The van der Waals surface area contributed by atoms with Gasteiger partial charge in [0, 0.05) is 6.04 Å². The maximum absolute atomic E-state index is 13.0. The first-order valence-corrected chi connectivity index (χ1v) is 17.1. The Morgan fingerprint density at radius 2 is 1.57 bits per heavy atom. The first kappa shape index (κ1) is 29.7. The van der Waals surface area contributed by atoms with Crippen LogP contribution < -0.4 is 4.72 Å². The topological polar surface area (TPSA) is 64.6 Å². The summed E-state index contributed by atoms with van der Waals surface area (Å²) >= 11 is 0. The van der Waals surface area contributed by atoms with E-state index in [-0.39, 0.29) is 17.2 Å². The smallest absolute Gasteiger partial charge is 0.240 e. The molecule has 0 radical (unpaired) electrons. The van der Waals surface area contributed by atoms with Crippen LogP contribution in [0, 0.1) is 6.92 Å². The quantitative estimate of drug-likeness (QED) is 0.278. The molecule has 0 heterocycles. The summed E-state index contributed by atoms with van der Waals surface area (Å²) in [5, 5.41) is 0.0839. The largest absolute Gasteiger partial charge is 0.412 e. The molecule has 35 heavy (non-hydrogen) atoms. The summed E-state index contributed by atoms with van der Waals surface area (Å²) in [5.41, 5.74) is 2.17. The molecule has 2 aromatic carbocycles. The van der Waals surface area contributed by atoms with Gasteiger partial charge in [-0.3, -0.25) is 0 Å². The molecule has 0 spiro atoms. The number of hydrogen-bond acceptors (Lipinski definition) is 4. The van der Waals surface area contributed by atoms with E-state index < -0.39 is 18.3 Å². The Balaban J connectivity index is 2.08. The summed E-state index contributed by atoms with van der Waals surface area (Å²) < 4.78 is 41.8. The van der Waals surface area contributed by atoms with Gasteiger partial charge in [0.25, 0.3) is 0 Å². The van der Waals surface area contributed by atoms with Crippen LogP contribution in [0.5, 0.6) is 0 Å². The summed E-state index contributed by atoms with van der Waals surface area (Å²) in [6.07, 6.45) is 3.04. The second-order valence-corrected chi connectivity index (χ2v) is 17.5. The van der Waals surface area contributed by atoms with Crippen molar-refractivity contribution in [3.05, 3.63) is 65.7 Å². The van der Waals surface area contributed by atoms with Crippen molar-refractivity contribution in [1.29, 1.82) is 0 Å². The van der Waals surface area contributed by atoms with Gasteiger partial charge in [-0.15, -0.1) is 0 Å². The van der Waals surface area contributed by atoms with Gasteiger partial charge in [-0.25, -0.2) is 13.1 Å². The predicted molar refractivity (Wildman–Crippen MR) is 148 cm³/mol. The minimum atomic E-state index is -3.57. The fourth-order valence-electron chi connectivity index (χ4n) is 3.65. The fourth-order valence-corrected chi connectivity index (χ4v) is 6.33. The molecule has 1 N–H and O–H groups in total. The van der Waals surface area contributed by atoms with Crippen LogP contribution in [0.1, 0.15) is 64.5 Å². The van der Waals surface area contributed by atoms with Gasteiger partial charge in [-0.1, -0.05) is 82.1 Å². The molecule has 0 bridgehead atoms. The number of aryl methyl sites for hydroxylation is 1. The first-order valence-electron chi connectivity index (χ1n) is 12.7. The van der Waals surface area contributed by atoms with Gasteiger partial charge in [0.15, 0.2) is 8.32 Å². The lowest BCUT2D eigenvalue weighted by molar-refractivity contribution is 0.0286. The van der Waals surface area contributed by atoms with Gasteiger partial charge in [-0.05, 0) is 62.0 Å². The number of rotatable bonds is 14. The van der Waals surface area contributed by atoms with Crippen LogP contribution in [-0.4, -0.2) is 35.5 Å². The summed E-state index contributed by atoms with van der Waals surface area (Å²) in [7, 11) is -5.58. The van der Waals surface area contributed by atoms with E-state index in [0.29, 0.717) is 24.5 Å². The van der Waals surface area contributed by atoms with Crippen molar-refractivity contribution >= 4 is 18.3 Å². The standard InChI is InChI=1S/C28H45NO4SSi/c1-8-12-25(29-34(30,31)27-19-15-23(2)16-20-27)17-18-26(33-35(6,7)28(3,4)5)22-32-21-24-13-10-9-11-14-24/h9-11,13-16,19-20,25-26,29H,8,12,17-18,21-22H2,1-7H3/t25-,26-/m1/s1. The average Bonchev–Trinajstić information content (AvgIpc) is 2.77. The van der Waals surface area contributed by atoms with Gasteiger partial charge >= 0.3 is 0 Å². The third-order valence-corrected chi connectivity index (χ3v) is 12.9. The molecule has 0 aromatic heterocycles. The summed E-state index contributed by atoms with van der Waals surface area (Å²) in [6.45, 7) is 16.3. The predicted octanol–water partition coefficient (Wildman–Crippen LogP) is 6.83. The van der Waals surface area contributed by atoms with E-state index in [9.17, 15) is 8.42 Å². The molecular weight excluding hydrogens is 474 g/mol. The Hall–Kier alpha value is -1.51. The van der Waals surface area contributed by atoms with Gasteiger partial charge in [-0.2, -0.15) is 0 Å². The van der Waals surface area contributed by atoms with E-state index in [4.69, 9.17) is 9.16 Å². The van der Waals surface area contributed by atoms with Crippen LogP contribution in [0.3, 0.4) is 0 Å². The van der Waals surface area contributed by atoms with E-state index >= 15 is 0 Å². The highest BCUT2D eigenvalue weighted by molar-refractivity contribution is 7.89. The van der Waals surface area contributed by atoms with Gasteiger partial charge in [0.2, 0.25) is 10.0 Å². The van der Waals surface area contributed by atoms with Crippen molar-refractivity contribution in [3.8, 4) is 0 Å². The molecular formula is C28H45NO4SSi. The van der Waals surface area contributed by atoms with E-state index in [2.05, 4.69) is 57.6 Å². The van der Waals surface area contributed by atoms with Crippen molar-refractivity contribution in [2.75, 3.05) is 6.61 Å². The average molecular weight is 520 g/mol. The molecule has 2 aromatic rings. The lowest BCUT2D eigenvalue weighted by Gasteiger charge is -2.39. The van der Waals surface area contributed by atoms with Crippen molar-refractivity contribution in [2.45, 2.75) is 102 Å². The molecule has 7 heteroatoms. The molecule has 0 amide bonds. The number of nitrogens with one attached hydrogen (secondary N) is 1. The highest BCUT2D eigenvalue weighted by atomic mass is 32.2. The van der Waals surface area contributed by atoms with Crippen LogP contribution in [-0.2, 0) is 25.8 Å². The van der Waals surface area contributed by atoms with Crippen LogP contribution >= 0.6 is 0 Å². The van der Waals surface area contributed by atoms with Crippen LogP contribution in [0.25, 0.3) is 0 Å². The molecule has 0 saturated carbocycles.